The van der Waals surface area contributed by atoms with Crippen LogP contribution in [0.3, 0.4) is 0 Å². The lowest BCUT2D eigenvalue weighted by Crippen LogP contribution is -2.43. The third-order valence-electron chi connectivity index (χ3n) is 5.96. The average molecular weight is 369 g/mol. The standard InChI is InChI=1S/C21H23NO5/c1-24-17-6-12-3-4-22-10-14-8-20-19(26-11-27-20)7-13(14)5-16(22)21(23)15(12)9-18(17)25-2/h6-9,16,21,23H,3-5,10-11H2,1-2H3/t16-,21-/m0/s1. The first-order valence-electron chi connectivity index (χ1n) is 9.26. The minimum Gasteiger partial charge on any atom is -0.493 e. The van der Waals surface area contributed by atoms with Gasteiger partial charge in [0.05, 0.1) is 20.3 Å². The van der Waals surface area contributed by atoms with E-state index < -0.39 is 6.10 Å². The Morgan fingerprint density at radius 3 is 2.41 bits per heavy atom. The van der Waals surface area contributed by atoms with Crippen LogP contribution in [0.15, 0.2) is 24.3 Å². The molecule has 0 radical (unpaired) electrons. The van der Waals surface area contributed by atoms with Crippen molar-refractivity contribution >= 4 is 0 Å². The smallest absolute Gasteiger partial charge is 0.231 e. The first kappa shape index (κ1) is 16.7. The summed E-state index contributed by atoms with van der Waals surface area (Å²) in [5.41, 5.74) is 4.53. The molecule has 0 spiro atoms. The quantitative estimate of drug-likeness (QED) is 0.878. The van der Waals surface area contributed by atoms with Gasteiger partial charge in [0.1, 0.15) is 0 Å². The van der Waals surface area contributed by atoms with Gasteiger partial charge in [-0.1, -0.05) is 0 Å². The van der Waals surface area contributed by atoms with E-state index in [9.17, 15) is 5.11 Å². The highest BCUT2D eigenvalue weighted by Gasteiger charge is 2.37. The van der Waals surface area contributed by atoms with E-state index in [1.165, 1.54) is 11.1 Å². The Hall–Kier alpha value is -2.44. The number of fused-ring (bicyclic) bond motifs is 4. The molecule has 3 heterocycles. The van der Waals surface area contributed by atoms with Crippen molar-refractivity contribution in [3.63, 3.8) is 0 Å². The molecule has 27 heavy (non-hydrogen) atoms. The van der Waals surface area contributed by atoms with Crippen molar-refractivity contribution in [2.75, 3.05) is 27.6 Å². The first-order valence-corrected chi connectivity index (χ1v) is 9.26. The van der Waals surface area contributed by atoms with Gasteiger partial charge >= 0.3 is 0 Å². The molecule has 6 nitrogen and oxygen atoms in total. The van der Waals surface area contributed by atoms with Gasteiger partial charge in [-0.05, 0) is 59.4 Å². The predicted molar refractivity (Wildman–Crippen MR) is 98.7 cm³/mol. The zero-order chi connectivity index (χ0) is 18.5. The molecule has 1 N–H and O–H groups in total. The molecule has 6 heteroatoms. The van der Waals surface area contributed by atoms with Crippen molar-refractivity contribution in [2.45, 2.75) is 31.5 Å². The monoisotopic (exact) mass is 369 g/mol. The van der Waals surface area contributed by atoms with Crippen LogP contribution in [-0.2, 0) is 19.4 Å². The number of ether oxygens (including phenoxy) is 4. The molecule has 2 atom stereocenters. The van der Waals surface area contributed by atoms with Crippen LogP contribution in [0.1, 0.15) is 28.4 Å². The summed E-state index contributed by atoms with van der Waals surface area (Å²) in [7, 11) is 3.26. The Morgan fingerprint density at radius 2 is 1.67 bits per heavy atom. The lowest BCUT2D eigenvalue weighted by atomic mass is 9.88. The zero-order valence-electron chi connectivity index (χ0n) is 15.5. The summed E-state index contributed by atoms with van der Waals surface area (Å²) in [4.78, 5) is 2.37. The highest BCUT2D eigenvalue weighted by atomic mass is 16.7. The fraction of sp³-hybridized carbons (Fsp3) is 0.429. The molecule has 0 amide bonds. The SMILES string of the molecule is COc1cc2c(cc1OC)[C@H](O)[C@@H]1Cc3cc4c(cc3CN1CC2)OCO4. The molecule has 3 aliphatic rings. The van der Waals surface area contributed by atoms with E-state index in [0.29, 0.717) is 11.5 Å². The van der Waals surface area contributed by atoms with Crippen LogP contribution in [0.4, 0.5) is 0 Å². The normalized spacial score (nSPS) is 23.1. The van der Waals surface area contributed by atoms with Gasteiger partial charge in [-0.2, -0.15) is 0 Å². The lowest BCUT2D eigenvalue weighted by Gasteiger charge is -2.38. The summed E-state index contributed by atoms with van der Waals surface area (Å²) in [5, 5.41) is 11.2. The molecule has 0 aromatic heterocycles. The van der Waals surface area contributed by atoms with Gasteiger partial charge in [0.2, 0.25) is 6.79 Å². The predicted octanol–water partition coefficient (Wildman–Crippen LogP) is 2.45. The Kier molecular flexibility index (Phi) is 3.91. The third kappa shape index (κ3) is 2.63. The van der Waals surface area contributed by atoms with Crippen LogP contribution in [0.2, 0.25) is 0 Å². The molecule has 0 aliphatic carbocycles. The van der Waals surface area contributed by atoms with Crippen molar-refractivity contribution in [2.24, 2.45) is 0 Å². The maximum Gasteiger partial charge on any atom is 0.231 e. The Labute approximate surface area is 158 Å². The fourth-order valence-corrected chi connectivity index (χ4v) is 4.51. The van der Waals surface area contributed by atoms with E-state index in [0.717, 1.165) is 48.6 Å². The largest absolute Gasteiger partial charge is 0.493 e. The fourth-order valence-electron chi connectivity index (χ4n) is 4.51. The second-order valence-corrected chi connectivity index (χ2v) is 7.32. The van der Waals surface area contributed by atoms with E-state index in [1.54, 1.807) is 14.2 Å². The Morgan fingerprint density at radius 1 is 0.963 bits per heavy atom. The number of benzene rings is 2. The second kappa shape index (κ2) is 6.32. The minimum absolute atomic E-state index is 0.0252. The molecule has 2 aromatic carbocycles. The maximum absolute atomic E-state index is 11.2. The van der Waals surface area contributed by atoms with E-state index in [-0.39, 0.29) is 12.8 Å². The number of nitrogens with zero attached hydrogens (tertiary/aromatic N) is 1. The van der Waals surface area contributed by atoms with Gasteiger partial charge in [0, 0.05) is 19.1 Å². The summed E-state index contributed by atoms with van der Waals surface area (Å²) in [6, 6.07) is 8.11. The van der Waals surface area contributed by atoms with Crippen LogP contribution in [-0.4, -0.2) is 43.6 Å². The maximum atomic E-state index is 11.2. The molecule has 0 fully saturated rings. The molecule has 142 valence electrons. The summed E-state index contributed by atoms with van der Waals surface area (Å²) in [5.74, 6) is 2.98. The molecule has 0 saturated heterocycles. The number of hydrogen-bond acceptors (Lipinski definition) is 6. The van der Waals surface area contributed by atoms with Gasteiger partial charge in [0.25, 0.3) is 0 Å². The number of hydrogen-bond donors (Lipinski definition) is 1. The molecular weight excluding hydrogens is 346 g/mol. The van der Waals surface area contributed by atoms with Crippen LogP contribution >= 0.6 is 0 Å². The lowest BCUT2D eigenvalue weighted by molar-refractivity contribution is 0.0428. The first-order chi connectivity index (χ1) is 13.2. The summed E-state index contributed by atoms with van der Waals surface area (Å²) < 4.78 is 22.0. The highest BCUT2D eigenvalue weighted by molar-refractivity contribution is 5.52. The van der Waals surface area contributed by atoms with Gasteiger partial charge in [-0.3, -0.25) is 4.90 Å². The number of rotatable bonds is 2. The molecule has 5 rings (SSSR count). The number of aliphatic hydroxyl groups excluding tert-OH is 1. The molecule has 3 aliphatic heterocycles. The van der Waals surface area contributed by atoms with Crippen LogP contribution < -0.4 is 18.9 Å². The molecule has 0 unspecified atom stereocenters. The minimum atomic E-state index is -0.583. The third-order valence-corrected chi connectivity index (χ3v) is 5.96. The summed E-state index contributed by atoms with van der Waals surface area (Å²) in [6.45, 7) is 1.97. The summed E-state index contributed by atoms with van der Waals surface area (Å²) >= 11 is 0. The van der Waals surface area contributed by atoms with Gasteiger partial charge in [-0.15, -0.1) is 0 Å². The zero-order valence-corrected chi connectivity index (χ0v) is 15.5. The van der Waals surface area contributed by atoms with E-state index in [1.807, 2.05) is 12.1 Å². The van der Waals surface area contributed by atoms with E-state index in [2.05, 4.69) is 17.0 Å². The van der Waals surface area contributed by atoms with Gasteiger partial charge < -0.3 is 24.1 Å². The van der Waals surface area contributed by atoms with Gasteiger partial charge in [0.15, 0.2) is 23.0 Å². The van der Waals surface area contributed by atoms with Gasteiger partial charge in [-0.25, -0.2) is 0 Å². The summed E-state index contributed by atoms with van der Waals surface area (Å²) in [6.07, 6.45) is 1.06. The molecule has 2 aromatic rings. The molecular formula is C21H23NO5. The Bertz CT molecular complexity index is 897. The van der Waals surface area contributed by atoms with Crippen LogP contribution in [0.5, 0.6) is 23.0 Å². The van der Waals surface area contributed by atoms with Crippen molar-refractivity contribution in [1.82, 2.24) is 4.90 Å². The molecule has 0 saturated carbocycles. The van der Waals surface area contributed by atoms with E-state index in [4.69, 9.17) is 18.9 Å². The van der Waals surface area contributed by atoms with Crippen molar-refractivity contribution in [3.05, 3.63) is 46.5 Å². The topological polar surface area (TPSA) is 60.4 Å². The Balaban J connectivity index is 1.52. The van der Waals surface area contributed by atoms with Crippen LogP contribution in [0, 0.1) is 0 Å². The average Bonchev–Trinajstić information content (AvgIpc) is 3.10. The van der Waals surface area contributed by atoms with Crippen LogP contribution in [0.25, 0.3) is 0 Å². The second-order valence-electron chi connectivity index (χ2n) is 7.32. The van der Waals surface area contributed by atoms with Crippen molar-refractivity contribution in [3.8, 4) is 23.0 Å². The number of aliphatic hydroxyl groups is 1. The highest BCUT2D eigenvalue weighted by Crippen LogP contribution is 2.42. The number of methoxy groups -OCH3 is 2. The molecule has 0 bridgehead atoms. The van der Waals surface area contributed by atoms with Crippen molar-refractivity contribution < 1.29 is 24.1 Å². The van der Waals surface area contributed by atoms with E-state index >= 15 is 0 Å². The van der Waals surface area contributed by atoms with Crippen molar-refractivity contribution in [1.29, 1.82) is 0 Å².